The molecular weight excluding hydrogens is 243 g/mol. The highest BCUT2D eigenvalue weighted by atomic mass is 19.3. The van der Waals surface area contributed by atoms with E-state index < -0.39 is 12.5 Å². The van der Waals surface area contributed by atoms with Crippen LogP contribution in [0.5, 0.6) is 0 Å². The summed E-state index contributed by atoms with van der Waals surface area (Å²) in [5.74, 6) is 0.0268. The first kappa shape index (κ1) is 13.4. The summed E-state index contributed by atoms with van der Waals surface area (Å²) in [6.45, 7) is -0.0990. The summed E-state index contributed by atoms with van der Waals surface area (Å²) < 4.78 is 37.1. The first-order valence-corrected chi connectivity index (χ1v) is 6.01. The SMILES string of the molecule is OC(CNC1CC(c2cccc(F)c2)C1)C(F)F. The molecule has 2 nitrogen and oxygen atoms in total. The van der Waals surface area contributed by atoms with E-state index in [9.17, 15) is 13.2 Å². The molecule has 1 fully saturated rings. The van der Waals surface area contributed by atoms with Crippen LogP contribution >= 0.6 is 0 Å². The lowest BCUT2D eigenvalue weighted by Crippen LogP contribution is -2.44. The van der Waals surface area contributed by atoms with Crippen LogP contribution < -0.4 is 5.32 Å². The summed E-state index contributed by atoms with van der Waals surface area (Å²) in [6.07, 6.45) is -2.74. The molecule has 1 aliphatic rings. The molecule has 1 aliphatic carbocycles. The predicted octanol–water partition coefficient (Wildman–Crippen LogP) is 2.29. The maximum atomic E-state index is 13.0. The van der Waals surface area contributed by atoms with E-state index in [-0.39, 0.29) is 24.3 Å². The lowest BCUT2D eigenvalue weighted by Gasteiger charge is -2.36. The second kappa shape index (κ2) is 5.71. The molecule has 0 amide bonds. The lowest BCUT2D eigenvalue weighted by molar-refractivity contribution is -0.00634. The van der Waals surface area contributed by atoms with Crippen molar-refractivity contribution in [1.82, 2.24) is 5.32 Å². The molecule has 1 atom stereocenters. The fourth-order valence-corrected chi connectivity index (χ4v) is 2.19. The molecule has 1 unspecified atom stereocenters. The lowest BCUT2D eigenvalue weighted by atomic mass is 9.76. The number of nitrogens with one attached hydrogen (secondary N) is 1. The Morgan fingerprint density at radius 2 is 2.06 bits per heavy atom. The van der Waals surface area contributed by atoms with E-state index in [1.165, 1.54) is 12.1 Å². The molecule has 1 aromatic rings. The van der Waals surface area contributed by atoms with Crippen molar-refractivity contribution in [1.29, 1.82) is 0 Å². The highest BCUT2D eigenvalue weighted by Gasteiger charge is 2.31. The molecule has 2 rings (SSSR count). The van der Waals surface area contributed by atoms with Crippen LogP contribution in [-0.4, -0.2) is 30.2 Å². The average Bonchev–Trinajstić information content (AvgIpc) is 2.26. The Morgan fingerprint density at radius 1 is 1.33 bits per heavy atom. The molecule has 1 saturated carbocycles. The van der Waals surface area contributed by atoms with E-state index in [1.807, 2.05) is 6.07 Å². The van der Waals surface area contributed by atoms with Gasteiger partial charge in [0.1, 0.15) is 11.9 Å². The molecular formula is C13H16F3NO. The molecule has 18 heavy (non-hydrogen) atoms. The zero-order valence-corrected chi connectivity index (χ0v) is 9.82. The Bertz CT molecular complexity index is 394. The van der Waals surface area contributed by atoms with E-state index in [0.717, 1.165) is 18.4 Å². The number of alkyl halides is 2. The molecule has 1 aromatic carbocycles. The zero-order valence-electron chi connectivity index (χ0n) is 9.82. The van der Waals surface area contributed by atoms with Crippen molar-refractivity contribution in [3.63, 3.8) is 0 Å². The van der Waals surface area contributed by atoms with Gasteiger partial charge >= 0.3 is 0 Å². The van der Waals surface area contributed by atoms with Crippen molar-refractivity contribution < 1.29 is 18.3 Å². The first-order valence-electron chi connectivity index (χ1n) is 6.01. The molecule has 0 aromatic heterocycles. The number of aliphatic hydroxyl groups excluding tert-OH is 1. The second-order valence-corrected chi connectivity index (χ2v) is 4.73. The minimum atomic E-state index is -2.71. The standard InChI is InChI=1S/C13H16F3NO/c14-10-3-1-2-8(4-10)9-5-11(6-9)17-7-12(18)13(15)16/h1-4,9,11-13,17-18H,5-7H2. The summed E-state index contributed by atoms with van der Waals surface area (Å²) >= 11 is 0. The van der Waals surface area contributed by atoms with Gasteiger partial charge in [-0.15, -0.1) is 0 Å². The smallest absolute Gasteiger partial charge is 0.265 e. The largest absolute Gasteiger partial charge is 0.386 e. The maximum absolute atomic E-state index is 13.0. The van der Waals surface area contributed by atoms with Crippen LogP contribution in [0.25, 0.3) is 0 Å². The van der Waals surface area contributed by atoms with E-state index in [0.29, 0.717) is 0 Å². The highest BCUT2D eigenvalue weighted by Crippen LogP contribution is 2.36. The third-order valence-electron chi connectivity index (χ3n) is 3.36. The number of hydrogen-bond donors (Lipinski definition) is 2. The van der Waals surface area contributed by atoms with Crippen LogP contribution in [0.3, 0.4) is 0 Å². The Hall–Kier alpha value is -1.07. The van der Waals surface area contributed by atoms with Gasteiger partial charge in [-0.1, -0.05) is 12.1 Å². The molecule has 5 heteroatoms. The average molecular weight is 259 g/mol. The van der Waals surface area contributed by atoms with Gasteiger partial charge in [0.25, 0.3) is 6.43 Å². The molecule has 0 bridgehead atoms. The molecule has 100 valence electrons. The van der Waals surface area contributed by atoms with Crippen molar-refractivity contribution in [2.24, 2.45) is 0 Å². The zero-order chi connectivity index (χ0) is 13.1. The Balaban J connectivity index is 1.74. The van der Waals surface area contributed by atoms with E-state index in [4.69, 9.17) is 5.11 Å². The molecule has 0 aliphatic heterocycles. The van der Waals surface area contributed by atoms with Gasteiger partial charge in [0.05, 0.1) is 0 Å². The summed E-state index contributed by atoms with van der Waals surface area (Å²) in [7, 11) is 0. The third kappa shape index (κ3) is 3.23. The molecule has 0 saturated heterocycles. The van der Waals surface area contributed by atoms with Crippen molar-refractivity contribution >= 4 is 0 Å². The summed E-state index contributed by atoms with van der Waals surface area (Å²) in [5, 5.41) is 11.8. The minimum absolute atomic E-state index is 0.0990. The van der Waals surface area contributed by atoms with Gasteiger partial charge in [0.2, 0.25) is 0 Å². The van der Waals surface area contributed by atoms with Crippen LogP contribution in [-0.2, 0) is 0 Å². The maximum Gasteiger partial charge on any atom is 0.265 e. The number of halogens is 3. The fraction of sp³-hybridized carbons (Fsp3) is 0.538. The van der Waals surface area contributed by atoms with Crippen LogP contribution in [0.15, 0.2) is 24.3 Å². The topological polar surface area (TPSA) is 32.3 Å². The van der Waals surface area contributed by atoms with Gasteiger partial charge in [-0.25, -0.2) is 13.2 Å². The molecule has 0 heterocycles. The van der Waals surface area contributed by atoms with Crippen molar-refractivity contribution in [2.45, 2.75) is 37.3 Å². The van der Waals surface area contributed by atoms with Gasteiger partial charge in [0.15, 0.2) is 0 Å². The predicted molar refractivity (Wildman–Crippen MR) is 62.2 cm³/mol. The van der Waals surface area contributed by atoms with Gasteiger partial charge in [-0.2, -0.15) is 0 Å². The Labute approximate surface area is 104 Å². The normalized spacial score (nSPS) is 24.9. The first-order chi connectivity index (χ1) is 8.56. The quantitative estimate of drug-likeness (QED) is 0.850. The van der Waals surface area contributed by atoms with Crippen molar-refractivity contribution in [3.8, 4) is 0 Å². The van der Waals surface area contributed by atoms with E-state index in [1.54, 1.807) is 6.07 Å². The molecule has 0 radical (unpaired) electrons. The highest BCUT2D eigenvalue weighted by molar-refractivity contribution is 5.23. The van der Waals surface area contributed by atoms with E-state index in [2.05, 4.69) is 5.32 Å². The van der Waals surface area contributed by atoms with Gasteiger partial charge in [0, 0.05) is 12.6 Å². The van der Waals surface area contributed by atoms with Crippen molar-refractivity contribution in [3.05, 3.63) is 35.6 Å². The second-order valence-electron chi connectivity index (χ2n) is 4.73. The summed E-state index contributed by atoms with van der Waals surface area (Å²) in [5.41, 5.74) is 0.947. The van der Waals surface area contributed by atoms with Gasteiger partial charge < -0.3 is 10.4 Å². The Morgan fingerprint density at radius 3 is 2.67 bits per heavy atom. The number of benzene rings is 1. The Kier molecular flexibility index (Phi) is 4.24. The van der Waals surface area contributed by atoms with Crippen LogP contribution in [0, 0.1) is 5.82 Å². The van der Waals surface area contributed by atoms with Crippen LogP contribution in [0.2, 0.25) is 0 Å². The fourth-order valence-electron chi connectivity index (χ4n) is 2.19. The monoisotopic (exact) mass is 259 g/mol. The summed E-state index contributed by atoms with van der Waals surface area (Å²) in [6, 6.07) is 6.59. The minimum Gasteiger partial charge on any atom is -0.386 e. The van der Waals surface area contributed by atoms with Crippen LogP contribution in [0.4, 0.5) is 13.2 Å². The molecule has 2 N–H and O–H groups in total. The van der Waals surface area contributed by atoms with Gasteiger partial charge in [-0.05, 0) is 36.5 Å². The number of aliphatic hydroxyl groups is 1. The van der Waals surface area contributed by atoms with E-state index >= 15 is 0 Å². The van der Waals surface area contributed by atoms with Crippen LogP contribution in [0.1, 0.15) is 24.3 Å². The van der Waals surface area contributed by atoms with Gasteiger partial charge in [-0.3, -0.25) is 0 Å². The van der Waals surface area contributed by atoms with Crippen molar-refractivity contribution in [2.75, 3.05) is 6.54 Å². The number of rotatable bonds is 5. The number of hydrogen-bond acceptors (Lipinski definition) is 2. The summed E-state index contributed by atoms with van der Waals surface area (Å²) in [4.78, 5) is 0. The third-order valence-corrected chi connectivity index (χ3v) is 3.36. The molecule has 0 spiro atoms.